The van der Waals surface area contributed by atoms with Gasteiger partial charge in [-0.25, -0.2) is 0 Å². The standard InChI is InChI=1S/C8H17NO/c1-9-7-10-8-5-3-2-4-6-8/h8-9H,2-7H2,1H3. The highest BCUT2D eigenvalue weighted by atomic mass is 16.5. The zero-order valence-electron chi connectivity index (χ0n) is 6.73. The van der Waals surface area contributed by atoms with E-state index in [1.165, 1.54) is 32.1 Å². The third kappa shape index (κ3) is 2.67. The number of ether oxygens (including phenoxy) is 1. The van der Waals surface area contributed by atoms with Gasteiger partial charge in [0.2, 0.25) is 0 Å². The molecule has 0 heterocycles. The summed E-state index contributed by atoms with van der Waals surface area (Å²) in [5, 5.41) is 2.99. The van der Waals surface area contributed by atoms with E-state index in [0.717, 1.165) is 0 Å². The van der Waals surface area contributed by atoms with Crippen LogP contribution in [0.3, 0.4) is 0 Å². The molecule has 0 atom stereocenters. The van der Waals surface area contributed by atoms with Gasteiger partial charge in [0.05, 0.1) is 12.8 Å². The second-order valence-electron chi connectivity index (χ2n) is 2.92. The van der Waals surface area contributed by atoms with Crippen LogP contribution in [0.2, 0.25) is 0 Å². The first-order valence-electron chi connectivity index (χ1n) is 4.19. The van der Waals surface area contributed by atoms with Crippen molar-refractivity contribution in [2.75, 3.05) is 13.8 Å². The fourth-order valence-electron chi connectivity index (χ4n) is 1.43. The van der Waals surface area contributed by atoms with Crippen LogP contribution in [-0.4, -0.2) is 19.9 Å². The summed E-state index contributed by atoms with van der Waals surface area (Å²) < 4.78 is 5.52. The summed E-state index contributed by atoms with van der Waals surface area (Å²) in [6, 6.07) is 0. The number of hydrogen-bond donors (Lipinski definition) is 1. The second-order valence-corrected chi connectivity index (χ2v) is 2.92. The molecule has 1 N–H and O–H groups in total. The summed E-state index contributed by atoms with van der Waals surface area (Å²) in [6.45, 7) is 0.713. The average Bonchev–Trinajstić information content (AvgIpc) is 2.03. The third-order valence-electron chi connectivity index (χ3n) is 2.02. The Hall–Kier alpha value is -0.0800. The molecule has 1 aliphatic carbocycles. The van der Waals surface area contributed by atoms with Crippen LogP contribution in [0.25, 0.3) is 0 Å². The molecule has 0 unspecified atom stereocenters. The molecule has 1 saturated carbocycles. The molecule has 0 bridgehead atoms. The van der Waals surface area contributed by atoms with Crippen molar-refractivity contribution in [3.63, 3.8) is 0 Å². The summed E-state index contributed by atoms with van der Waals surface area (Å²) in [4.78, 5) is 0. The van der Waals surface area contributed by atoms with Crippen LogP contribution in [0, 0.1) is 0 Å². The maximum absolute atomic E-state index is 5.52. The Bertz CT molecular complexity index is 79.3. The summed E-state index contributed by atoms with van der Waals surface area (Å²) >= 11 is 0. The van der Waals surface area contributed by atoms with Crippen molar-refractivity contribution < 1.29 is 4.74 Å². The van der Waals surface area contributed by atoms with E-state index < -0.39 is 0 Å². The van der Waals surface area contributed by atoms with Crippen LogP contribution in [0.15, 0.2) is 0 Å². The third-order valence-corrected chi connectivity index (χ3v) is 2.02. The molecule has 0 saturated heterocycles. The Morgan fingerprint density at radius 1 is 1.30 bits per heavy atom. The Labute approximate surface area is 63.0 Å². The highest BCUT2D eigenvalue weighted by Crippen LogP contribution is 2.19. The van der Waals surface area contributed by atoms with E-state index in [0.29, 0.717) is 12.8 Å². The first-order chi connectivity index (χ1) is 4.93. The summed E-state index contributed by atoms with van der Waals surface area (Å²) in [5.41, 5.74) is 0. The second kappa shape index (κ2) is 4.69. The number of nitrogens with one attached hydrogen (secondary N) is 1. The van der Waals surface area contributed by atoms with Gasteiger partial charge in [-0.15, -0.1) is 0 Å². The van der Waals surface area contributed by atoms with E-state index in [9.17, 15) is 0 Å². The molecule has 2 nitrogen and oxygen atoms in total. The van der Waals surface area contributed by atoms with Crippen LogP contribution < -0.4 is 5.32 Å². The van der Waals surface area contributed by atoms with Gasteiger partial charge in [-0.1, -0.05) is 19.3 Å². The zero-order valence-corrected chi connectivity index (χ0v) is 6.73. The first kappa shape index (κ1) is 8.02. The summed E-state index contributed by atoms with van der Waals surface area (Å²) in [6.07, 6.45) is 7.19. The summed E-state index contributed by atoms with van der Waals surface area (Å²) in [5.74, 6) is 0. The van der Waals surface area contributed by atoms with E-state index >= 15 is 0 Å². The minimum absolute atomic E-state index is 0.543. The number of rotatable bonds is 3. The largest absolute Gasteiger partial charge is 0.363 e. The monoisotopic (exact) mass is 143 g/mol. The Morgan fingerprint density at radius 2 is 2.00 bits per heavy atom. The van der Waals surface area contributed by atoms with E-state index in [1.54, 1.807) is 0 Å². The lowest BCUT2D eigenvalue weighted by molar-refractivity contribution is 0.0206. The molecule has 60 valence electrons. The average molecular weight is 143 g/mol. The van der Waals surface area contributed by atoms with Crippen LogP contribution in [0.5, 0.6) is 0 Å². The lowest BCUT2D eigenvalue weighted by Gasteiger charge is -2.21. The fourth-order valence-corrected chi connectivity index (χ4v) is 1.43. The van der Waals surface area contributed by atoms with Crippen LogP contribution in [0.1, 0.15) is 32.1 Å². The predicted octanol–water partition coefficient (Wildman–Crippen LogP) is 1.51. The van der Waals surface area contributed by atoms with Gasteiger partial charge in [0, 0.05) is 0 Å². The molecule has 0 aromatic rings. The van der Waals surface area contributed by atoms with Crippen molar-refractivity contribution in [1.82, 2.24) is 5.32 Å². The van der Waals surface area contributed by atoms with Crippen molar-refractivity contribution >= 4 is 0 Å². The fraction of sp³-hybridized carbons (Fsp3) is 1.00. The molecule has 0 aliphatic heterocycles. The molecule has 1 rings (SSSR count). The molecule has 0 spiro atoms. The first-order valence-corrected chi connectivity index (χ1v) is 4.19. The van der Waals surface area contributed by atoms with Gasteiger partial charge in [0.25, 0.3) is 0 Å². The SMILES string of the molecule is CNCOC1CCCCC1. The van der Waals surface area contributed by atoms with Gasteiger partial charge < -0.3 is 4.74 Å². The van der Waals surface area contributed by atoms with Crippen molar-refractivity contribution in [3.05, 3.63) is 0 Å². The smallest absolute Gasteiger partial charge is 0.0966 e. The van der Waals surface area contributed by atoms with Gasteiger partial charge in [-0.2, -0.15) is 0 Å². The van der Waals surface area contributed by atoms with E-state index in [-0.39, 0.29) is 0 Å². The highest BCUT2D eigenvalue weighted by Gasteiger charge is 2.12. The molecule has 0 amide bonds. The molecular formula is C8H17NO. The maximum atomic E-state index is 5.52. The molecular weight excluding hydrogens is 126 g/mol. The topological polar surface area (TPSA) is 21.3 Å². The Balaban J connectivity index is 2.02. The van der Waals surface area contributed by atoms with Crippen molar-refractivity contribution in [2.45, 2.75) is 38.2 Å². The van der Waals surface area contributed by atoms with Gasteiger partial charge in [0.15, 0.2) is 0 Å². The molecule has 2 heteroatoms. The number of hydrogen-bond acceptors (Lipinski definition) is 2. The van der Waals surface area contributed by atoms with Crippen LogP contribution in [0.4, 0.5) is 0 Å². The lowest BCUT2D eigenvalue weighted by Crippen LogP contribution is -2.22. The Morgan fingerprint density at radius 3 is 2.60 bits per heavy atom. The van der Waals surface area contributed by atoms with Crippen molar-refractivity contribution in [3.8, 4) is 0 Å². The quantitative estimate of drug-likeness (QED) is 0.605. The summed E-state index contributed by atoms with van der Waals surface area (Å²) in [7, 11) is 1.92. The van der Waals surface area contributed by atoms with E-state index in [2.05, 4.69) is 5.32 Å². The molecule has 0 aromatic carbocycles. The lowest BCUT2D eigenvalue weighted by atomic mass is 9.98. The Kier molecular flexibility index (Phi) is 3.76. The van der Waals surface area contributed by atoms with E-state index in [1.807, 2.05) is 7.05 Å². The van der Waals surface area contributed by atoms with Crippen LogP contribution >= 0.6 is 0 Å². The molecule has 1 aliphatic rings. The van der Waals surface area contributed by atoms with Crippen molar-refractivity contribution in [2.24, 2.45) is 0 Å². The van der Waals surface area contributed by atoms with Gasteiger partial charge in [-0.05, 0) is 19.9 Å². The molecule has 10 heavy (non-hydrogen) atoms. The molecule has 0 aromatic heterocycles. The minimum atomic E-state index is 0.543. The van der Waals surface area contributed by atoms with Gasteiger partial charge in [-0.3, -0.25) is 5.32 Å². The molecule has 0 radical (unpaired) electrons. The highest BCUT2D eigenvalue weighted by molar-refractivity contribution is 4.64. The van der Waals surface area contributed by atoms with Crippen molar-refractivity contribution in [1.29, 1.82) is 0 Å². The zero-order chi connectivity index (χ0) is 7.23. The molecule has 1 fully saturated rings. The van der Waals surface area contributed by atoms with E-state index in [4.69, 9.17) is 4.74 Å². The van der Waals surface area contributed by atoms with Crippen LogP contribution in [-0.2, 0) is 4.74 Å². The maximum Gasteiger partial charge on any atom is 0.0966 e. The minimum Gasteiger partial charge on any atom is -0.363 e. The normalized spacial score (nSPS) is 21.3. The van der Waals surface area contributed by atoms with Gasteiger partial charge >= 0.3 is 0 Å². The predicted molar refractivity (Wildman–Crippen MR) is 41.9 cm³/mol. The van der Waals surface area contributed by atoms with Gasteiger partial charge in [0.1, 0.15) is 0 Å².